The van der Waals surface area contributed by atoms with Gasteiger partial charge in [0.15, 0.2) is 5.96 Å². The van der Waals surface area contributed by atoms with E-state index in [1.807, 2.05) is 13.0 Å². The van der Waals surface area contributed by atoms with Gasteiger partial charge >= 0.3 is 5.97 Å². The predicted molar refractivity (Wildman–Crippen MR) is 103 cm³/mol. The fourth-order valence-electron chi connectivity index (χ4n) is 3.36. The van der Waals surface area contributed by atoms with Crippen molar-refractivity contribution in [3.63, 3.8) is 0 Å². The van der Waals surface area contributed by atoms with Crippen LogP contribution in [0.1, 0.15) is 50.2 Å². The van der Waals surface area contributed by atoms with Crippen LogP contribution in [0, 0.1) is 5.92 Å². The van der Waals surface area contributed by atoms with Crippen LogP contribution in [0.25, 0.3) is 0 Å². The number of hydrogen-bond acceptors (Lipinski definition) is 4. The summed E-state index contributed by atoms with van der Waals surface area (Å²) in [6.07, 6.45) is 6.45. The second-order valence-corrected chi connectivity index (χ2v) is 6.76. The van der Waals surface area contributed by atoms with Crippen LogP contribution in [0.2, 0.25) is 0 Å². The zero-order valence-electron chi connectivity index (χ0n) is 15.7. The van der Waals surface area contributed by atoms with Gasteiger partial charge in [-0.15, -0.1) is 0 Å². The van der Waals surface area contributed by atoms with Crippen LogP contribution in [0.15, 0.2) is 23.2 Å². The summed E-state index contributed by atoms with van der Waals surface area (Å²) in [5.41, 5.74) is 13.3. The summed E-state index contributed by atoms with van der Waals surface area (Å²) >= 11 is 0. The maximum absolute atomic E-state index is 11.8. The molecule has 144 valence electrons. The number of guanidine groups is 1. The molecule has 1 aliphatic rings. The predicted octanol–water partition coefficient (Wildman–Crippen LogP) is 2.57. The molecule has 0 aliphatic heterocycles. The van der Waals surface area contributed by atoms with Crippen LogP contribution in [0.3, 0.4) is 0 Å². The molecule has 6 nitrogen and oxygen atoms in total. The van der Waals surface area contributed by atoms with Gasteiger partial charge in [-0.3, -0.25) is 9.79 Å². The molecule has 0 saturated carbocycles. The van der Waals surface area contributed by atoms with Gasteiger partial charge in [0.05, 0.1) is 13.2 Å². The third kappa shape index (κ3) is 6.94. The number of ether oxygens (including phenoxy) is 2. The molecule has 1 aromatic rings. The molecule has 0 radical (unpaired) electrons. The lowest BCUT2D eigenvalue weighted by Crippen LogP contribution is -2.23. The number of benzene rings is 1. The van der Waals surface area contributed by atoms with Crippen LogP contribution in [0.4, 0.5) is 0 Å². The fraction of sp³-hybridized carbons (Fsp3) is 0.600. The van der Waals surface area contributed by atoms with Gasteiger partial charge in [-0.05, 0) is 74.6 Å². The number of rotatable bonds is 9. The van der Waals surface area contributed by atoms with E-state index in [0.29, 0.717) is 32.1 Å². The number of carbonyl (C=O) groups excluding carboxylic acids is 1. The Bertz CT molecular complexity index is 612. The van der Waals surface area contributed by atoms with Gasteiger partial charge < -0.3 is 20.9 Å². The quantitative estimate of drug-likeness (QED) is 0.231. The first-order valence-corrected chi connectivity index (χ1v) is 9.54. The summed E-state index contributed by atoms with van der Waals surface area (Å²) in [5, 5.41) is 0. The summed E-state index contributed by atoms with van der Waals surface area (Å²) in [6.45, 7) is 3.57. The van der Waals surface area contributed by atoms with E-state index in [9.17, 15) is 4.79 Å². The smallest absolute Gasteiger partial charge is 0.306 e. The zero-order chi connectivity index (χ0) is 18.8. The normalized spacial score (nSPS) is 16.3. The minimum atomic E-state index is -0.0888. The molecule has 2 rings (SSSR count). The van der Waals surface area contributed by atoms with Crippen molar-refractivity contribution in [1.29, 1.82) is 0 Å². The summed E-state index contributed by atoms with van der Waals surface area (Å²) in [6, 6.07) is 6.34. The van der Waals surface area contributed by atoms with Gasteiger partial charge in [0.2, 0.25) is 0 Å². The fourth-order valence-corrected chi connectivity index (χ4v) is 3.36. The van der Waals surface area contributed by atoms with E-state index in [4.69, 9.17) is 20.9 Å². The Labute approximate surface area is 155 Å². The Morgan fingerprint density at radius 1 is 1.27 bits per heavy atom. The number of hydrogen-bond donors (Lipinski definition) is 2. The van der Waals surface area contributed by atoms with Crippen LogP contribution in [0.5, 0.6) is 5.75 Å². The molecule has 0 fully saturated rings. The van der Waals surface area contributed by atoms with Crippen molar-refractivity contribution in [3.8, 4) is 5.75 Å². The highest BCUT2D eigenvalue weighted by Crippen LogP contribution is 2.29. The van der Waals surface area contributed by atoms with Gasteiger partial charge in [-0.25, -0.2) is 0 Å². The SMILES string of the molecule is CCOC(=O)CC1CCCc2ccc(OCCCCN=C(N)N)cc2C1. The molecule has 1 unspecified atom stereocenters. The summed E-state index contributed by atoms with van der Waals surface area (Å²) in [5.74, 6) is 1.29. The Morgan fingerprint density at radius 2 is 2.12 bits per heavy atom. The molecule has 0 amide bonds. The monoisotopic (exact) mass is 361 g/mol. The largest absolute Gasteiger partial charge is 0.494 e. The van der Waals surface area contributed by atoms with Gasteiger partial charge in [-0.1, -0.05) is 6.07 Å². The van der Waals surface area contributed by atoms with Crippen molar-refractivity contribution in [2.24, 2.45) is 22.4 Å². The molecule has 1 atom stereocenters. The molecule has 0 spiro atoms. The van der Waals surface area contributed by atoms with Crippen molar-refractivity contribution in [1.82, 2.24) is 0 Å². The number of carbonyl (C=O) groups is 1. The van der Waals surface area contributed by atoms with Gasteiger partial charge in [0.25, 0.3) is 0 Å². The number of aliphatic imine (C=N–C) groups is 1. The zero-order valence-corrected chi connectivity index (χ0v) is 15.7. The number of aryl methyl sites for hydroxylation is 1. The molecule has 6 heteroatoms. The highest BCUT2D eigenvalue weighted by atomic mass is 16.5. The van der Waals surface area contributed by atoms with Gasteiger partial charge in [0, 0.05) is 13.0 Å². The molecular formula is C20H31N3O3. The summed E-state index contributed by atoms with van der Waals surface area (Å²) in [7, 11) is 0. The first kappa shape index (κ1) is 20.1. The number of nitrogens with zero attached hydrogens (tertiary/aromatic N) is 1. The van der Waals surface area contributed by atoms with Crippen molar-refractivity contribution < 1.29 is 14.3 Å². The number of esters is 1. The van der Waals surface area contributed by atoms with Crippen molar-refractivity contribution in [3.05, 3.63) is 29.3 Å². The van der Waals surface area contributed by atoms with Gasteiger partial charge in [0.1, 0.15) is 5.75 Å². The third-order valence-electron chi connectivity index (χ3n) is 4.62. The molecule has 0 saturated heterocycles. The molecule has 0 heterocycles. The lowest BCUT2D eigenvalue weighted by Gasteiger charge is -2.15. The lowest BCUT2D eigenvalue weighted by molar-refractivity contribution is -0.144. The van der Waals surface area contributed by atoms with E-state index in [2.05, 4.69) is 17.1 Å². The second kappa shape index (κ2) is 10.7. The highest BCUT2D eigenvalue weighted by Gasteiger charge is 2.20. The number of fused-ring (bicyclic) bond motifs is 1. The Balaban J connectivity index is 1.86. The average Bonchev–Trinajstić information content (AvgIpc) is 2.79. The van der Waals surface area contributed by atoms with E-state index in [0.717, 1.165) is 44.3 Å². The van der Waals surface area contributed by atoms with Crippen molar-refractivity contribution in [2.75, 3.05) is 19.8 Å². The van der Waals surface area contributed by atoms with Crippen molar-refractivity contribution in [2.45, 2.75) is 51.9 Å². The topological polar surface area (TPSA) is 99.9 Å². The lowest BCUT2D eigenvalue weighted by atomic mass is 9.94. The Kier molecular flexibility index (Phi) is 8.25. The average molecular weight is 361 g/mol. The Morgan fingerprint density at radius 3 is 2.88 bits per heavy atom. The standard InChI is InChI=1S/C20H31N3O3/c1-2-25-19(24)13-15-6-5-7-16-8-9-18(14-17(16)12-15)26-11-4-3-10-23-20(21)22/h8-9,14-15H,2-7,10-13H2,1H3,(H4,21,22,23). The van der Waals surface area contributed by atoms with Crippen LogP contribution in [-0.4, -0.2) is 31.7 Å². The number of unbranched alkanes of at least 4 members (excludes halogenated alkanes) is 1. The maximum atomic E-state index is 11.8. The molecule has 0 aromatic heterocycles. The van der Waals surface area contributed by atoms with Crippen LogP contribution < -0.4 is 16.2 Å². The van der Waals surface area contributed by atoms with E-state index < -0.39 is 0 Å². The van der Waals surface area contributed by atoms with Crippen LogP contribution in [-0.2, 0) is 22.4 Å². The summed E-state index contributed by atoms with van der Waals surface area (Å²) in [4.78, 5) is 15.8. The highest BCUT2D eigenvalue weighted by molar-refractivity contribution is 5.75. The molecule has 26 heavy (non-hydrogen) atoms. The molecule has 0 bridgehead atoms. The molecular weight excluding hydrogens is 330 g/mol. The molecule has 1 aliphatic carbocycles. The first-order chi connectivity index (χ1) is 12.6. The van der Waals surface area contributed by atoms with E-state index in [-0.39, 0.29) is 11.9 Å². The maximum Gasteiger partial charge on any atom is 0.306 e. The van der Waals surface area contributed by atoms with Crippen molar-refractivity contribution >= 4 is 11.9 Å². The minimum Gasteiger partial charge on any atom is -0.494 e. The molecule has 1 aromatic carbocycles. The Hall–Kier alpha value is -2.24. The second-order valence-electron chi connectivity index (χ2n) is 6.76. The summed E-state index contributed by atoms with van der Waals surface area (Å²) < 4.78 is 11.0. The van der Waals surface area contributed by atoms with E-state index >= 15 is 0 Å². The van der Waals surface area contributed by atoms with E-state index in [1.165, 1.54) is 11.1 Å². The minimum absolute atomic E-state index is 0.0888. The van der Waals surface area contributed by atoms with E-state index in [1.54, 1.807) is 0 Å². The third-order valence-corrected chi connectivity index (χ3v) is 4.62. The first-order valence-electron chi connectivity index (χ1n) is 9.54. The molecule has 4 N–H and O–H groups in total. The van der Waals surface area contributed by atoms with Gasteiger partial charge in [-0.2, -0.15) is 0 Å². The number of nitrogens with two attached hydrogens (primary N) is 2. The van der Waals surface area contributed by atoms with Crippen LogP contribution >= 0.6 is 0 Å².